The molecule has 0 N–H and O–H groups in total. The van der Waals surface area contributed by atoms with E-state index in [9.17, 15) is 4.79 Å². The van der Waals surface area contributed by atoms with Gasteiger partial charge < -0.3 is 14.0 Å². The number of ether oxygens (including phenoxy) is 1. The number of methoxy groups -OCH3 is 1. The van der Waals surface area contributed by atoms with Crippen LogP contribution < -0.4 is 4.74 Å². The zero-order valence-corrected chi connectivity index (χ0v) is 21.0. The van der Waals surface area contributed by atoms with Crippen molar-refractivity contribution in [3.63, 3.8) is 0 Å². The summed E-state index contributed by atoms with van der Waals surface area (Å²) in [4.78, 5) is 22.1. The molecule has 1 saturated heterocycles. The van der Waals surface area contributed by atoms with E-state index in [-0.39, 0.29) is 5.92 Å². The average molecular weight is 481 g/mol. The van der Waals surface area contributed by atoms with Crippen LogP contribution in [0.3, 0.4) is 0 Å². The number of carbonyl (C=O) groups excluding carboxylic acids is 1. The van der Waals surface area contributed by atoms with Crippen molar-refractivity contribution in [3.8, 4) is 28.1 Å². The Kier molecular flexibility index (Phi) is 5.97. The molecule has 2 fully saturated rings. The Hall–Kier alpha value is -3.64. The zero-order valence-electron chi connectivity index (χ0n) is 21.0. The van der Waals surface area contributed by atoms with Crippen molar-refractivity contribution in [1.29, 1.82) is 0 Å². The van der Waals surface area contributed by atoms with Crippen LogP contribution in [0.2, 0.25) is 0 Å². The maximum absolute atomic E-state index is 12.5. The molecule has 6 rings (SSSR count). The summed E-state index contributed by atoms with van der Waals surface area (Å²) in [6, 6.07) is 21.0. The van der Waals surface area contributed by atoms with E-state index in [0.29, 0.717) is 5.91 Å². The summed E-state index contributed by atoms with van der Waals surface area (Å²) in [6.45, 7) is 6.25. The largest absolute Gasteiger partial charge is 0.497 e. The summed E-state index contributed by atoms with van der Waals surface area (Å²) in [7, 11) is 1.69. The second-order valence-corrected chi connectivity index (χ2v) is 10.0. The zero-order chi connectivity index (χ0) is 24.6. The molecular weight excluding hydrogens is 448 g/mol. The van der Waals surface area contributed by atoms with Crippen molar-refractivity contribution in [2.75, 3.05) is 33.3 Å². The number of pyridine rings is 1. The average Bonchev–Trinajstić information content (AvgIpc) is 3.71. The first kappa shape index (κ1) is 22.8. The molecule has 1 aliphatic heterocycles. The molecule has 36 heavy (non-hydrogen) atoms. The maximum Gasteiger partial charge on any atom is 0.225 e. The van der Waals surface area contributed by atoms with E-state index in [2.05, 4.69) is 75.9 Å². The van der Waals surface area contributed by atoms with Crippen LogP contribution in [0.4, 0.5) is 0 Å². The molecule has 1 amide bonds. The number of benzene rings is 2. The van der Waals surface area contributed by atoms with Gasteiger partial charge in [0, 0.05) is 50.4 Å². The summed E-state index contributed by atoms with van der Waals surface area (Å²) < 4.78 is 7.75. The standard InChI is InChI=1S/C30H32N4O2/c1-21-5-3-6-23(17-21)25-11-12-28-31-29(24-7-4-8-26(18-24)36-2)27(34(28)19-25)20-32-13-15-33(16-14-32)30(35)22-9-10-22/h3-8,11-12,17-19,22H,9-10,13-16,20H2,1-2H3. The molecule has 2 aromatic heterocycles. The highest BCUT2D eigenvalue weighted by Crippen LogP contribution is 2.32. The molecule has 1 aliphatic carbocycles. The number of fused-ring (bicyclic) bond motifs is 1. The molecule has 184 valence electrons. The first-order chi connectivity index (χ1) is 17.6. The fourth-order valence-electron chi connectivity index (χ4n) is 5.17. The van der Waals surface area contributed by atoms with Gasteiger partial charge >= 0.3 is 0 Å². The molecular formula is C30H32N4O2. The van der Waals surface area contributed by atoms with Crippen LogP contribution in [-0.4, -0.2) is 58.4 Å². The van der Waals surface area contributed by atoms with Gasteiger partial charge in [0.1, 0.15) is 11.4 Å². The van der Waals surface area contributed by atoms with Crippen LogP contribution in [0.1, 0.15) is 24.1 Å². The molecule has 0 atom stereocenters. The molecule has 6 nitrogen and oxygen atoms in total. The number of nitrogens with zero attached hydrogens (tertiary/aromatic N) is 4. The first-order valence-corrected chi connectivity index (χ1v) is 12.8. The van der Waals surface area contributed by atoms with Crippen LogP contribution in [0.25, 0.3) is 28.0 Å². The lowest BCUT2D eigenvalue weighted by molar-refractivity contribution is -0.134. The smallest absolute Gasteiger partial charge is 0.225 e. The molecule has 1 saturated carbocycles. The molecule has 4 aromatic rings. The van der Waals surface area contributed by atoms with E-state index in [1.54, 1.807) is 7.11 Å². The molecule has 0 bridgehead atoms. The summed E-state index contributed by atoms with van der Waals surface area (Å²) in [6.07, 6.45) is 4.34. The van der Waals surface area contributed by atoms with Gasteiger partial charge in [0.15, 0.2) is 0 Å². The van der Waals surface area contributed by atoms with Crippen LogP contribution in [0, 0.1) is 12.8 Å². The van der Waals surface area contributed by atoms with E-state index in [1.807, 2.05) is 12.1 Å². The second-order valence-electron chi connectivity index (χ2n) is 10.0. The Morgan fingerprint density at radius 2 is 1.72 bits per heavy atom. The Balaban J connectivity index is 1.36. The highest BCUT2D eigenvalue weighted by atomic mass is 16.5. The van der Waals surface area contributed by atoms with Crippen molar-refractivity contribution in [1.82, 2.24) is 19.2 Å². The number of imidazole rings is 1. The Bertz CT molecular complexity index is 1410. The number of carbonyl (C=O) groups is 1. The van der Waals surface area contributed by atoms with Gasteiger partial charge in [-0.2, -0.15) is 0 Å². The minimum Gasteiger partial charge on any atom is -0.497 e. The maximum atomic E-state index is 12.5. The van der Waals surface area contributed by atoms with Crippen molar-refractivity contribution in [3.05, 3.63) is 78.1 Å². The minimum atomic E-state index is 0.287. The molecule has 2 aliphatic rings. The van der Waals surface area contributed by atoms with E-state index in [4.69, 9.17) is 9.72 Å². The molecule has 2 aromatic carbocycles. The lowest BCUT2D eigenvalue weighted by Gasteiger charge is -2.35. The topological polar surface area (TPSA) is 50.1 Å². The van der Waals surface area contributed by atoms with Crippen LogP contribution >= 0.6 is 0 Å². The normalized spacial score (nSPS) is 16.4. The summed E-state index contributed by atoms with van der Waals surface area (Å²) in [5, 5.41) is 0. The van der Waals surface area contributed by atoms with Crippen LogP contribution in [0.5, 0.6) is 5.75 Å². The fraction of sp³-hybridized carbons (Fsp3) is 0.333. The Labute approximate surface area is 212 Å². The van der Waals surface area contributed by atoms with Gasteiger partial charge in [-0.25, -0.2) is 4.98 Å². The lowest BCUT2D eigenvalue weighted by Crippen LogP contribution is -2.48. The van der Waals surface area contributed by atoms with Crippen molar-refractivity contribution >= 4 is 11.6 Å². The van der Waals surface area contributed by atoms with Crippen molar-refractivity contribution in [2.45, 2.75) is 26.3 Å². The van der Waals surface area contributed by atoms with E-state index in [0.717, 1.165) is 73.9 Å². The van der Waals surface area contributed by atoms with Crippen molar-refractivity contribution < 1.29 is 9.53 Å². The van der Waals surface area contributed by atoms with Gasteiger partial charge in [0.05, 0.1) is 18.5 Å². The molecule has 0 radical (unpaired) electrons. The lowest BCUT2D eigenvalue weighted by atomic mass is 10.1. The molecule has 0 unspecified atom stereocenters. The van der Waals surface area contributed by atoms with Gasteiger partial charge in [-0.15, -0.1) is 0 Å². The number of hydrogen-bond acceptors (Lipinski definition) is 4. The predicted molar refractivity (Wildman–Crippen MR) is 142 cm³/mol. The fourth-order valence-corrected chi connectivity index (χ4v) is 5.17. The monoisotopic (exact) mass is 480 g/mol. The second kappa shape index (κ2) is 9.43. The third-order valence-corrected chi connectivity index (χ3v) is 7.40. The summed E-state index contributed by atoms with van der Waals surface area (Å²) in [5.74, 6) is 1.46. The number of aromatic nitrogens is 2. The van der Waals surface area contributed by atoms with Gasteiger partial charge in [-0.1, -0.05) is 42.0 Å². The number of hydrogen-bond donors (Lipinski definition) is 0. The van der Waals surface area contributed by atoms with E-state index < -0.39 is 0 Å². The number of aryl methyl sites for hydroxylation is 1. The summed E-state index contributed by atoms with van der Waals surface area (Å²) >= 11 is 0. The van der Waals surface area contributed by atoms with Gasteiger partial charge in [0.25, 0.3) is 0 Å². The number of rotatable bonds is 6. The Morgan fingerprint density at radius 1 is 0.944 bits per heavy atom. The predicted octanol–water partition coefficient (Wildman–Crippen LogP) is 5.04. The van der Waals surface area contributed by atoms with Crippen LogP contribution in [-0.2, 0) is 11.3 Å². The minimum absolute atomic E-state index is 0.287. The van der Waals surface area contributed by atoms with Crippen molar-refractivity contribution in [2.24, 2.45) is 5.92 Å². The molecule has 0 spiro atoms. The third kappa shape index (κ3) is 4.49. The van der Waals surface area contributed by atoms with Gasteiger partial charge in [-0.05, 0) is 55.2 Å². The quantitative estimate of drug-likeness (QED) is 0.388. The van der Waals surface area contributed by atoms with E-state index >= 15 is 0 Å². The number of amides is 1. The highest BCUT2D eigenvalue weighted by molar-refractivity contribution is 5.81. The molecule has 3 heterocycles. The first-order valence-electron chi connectivity index (χ1n) is 12.8. The highest BCUT2D eigenvalue weighted by Gasteiger charge is 2.34. The van der Waals surface area contributed by atoms with Crippen LogP contribution in [0.15, 0.2) is 66.9 Å². The Morgan fingerprint density at radius 3 is 2.47 bits per heavy atom. The SMILES string of the molecule is COc1cccc(-c2nc3ccc(-c4cccc(C)c4)cn3c2CN2CCN(C(=O)C3CC3)CC2)c1. The third-order valence-electron chi connectivity index (χ3n) is 7.40. The molecule has 6 heteroatoms. The van der Waals surface area contributed by atoms with E-state index in [1.165, 1.54) is 16.7 Å². The van der Waals surface area contributed by atoms with Gasteiger partial charge in [0.2, 0.25) is 5.91 Å². The summed E-state index contributed by atoms with van der Waals surface area (Å²) in [5.41, 5.74) is 7.73. The number of piperazine rings is 1. The van der Waals surface area contributed by atoms with Gasteiger partial charge in [-0.3, -0.25) is 9.69 Å².